The van der Waals surface area contributed by atoms with Crippen LogP contribution in [0.5, 0.6) is 0 Å². The molecule has 25 heavy (non-hydrogen) atoms. The van der Waals surface area contributed by atoms with E-state index in [-0.39, 0.29) is 36.1 Å². The minimum atomic E-state index is 0. The van der Waals surface area contributed by atoms with Crippen LogP contribution in [0.15, 0.2) is 18.5 Å². The maximum Gasteiger partial charge on any atom is 0.224 e. The highest BCUT2D eigenvalue weighted by Gasteiger charge is 2.16. The molecule has 3 N–H and O–H groups in total. The first kappa shape index (κ1) is 21.8. The smallest absolute Gasteiger partial charge is 0.224 e. The molecule has 3 heterocycles. The summed E-state index contributed by atoms with van der Waals surface area (Å²) < 4.78 is 0.985. The van der Waals surface area contributed by atoms with Crippen LogP contribution in [0, 0.1) is 6.92 Å². The number of nitrogens with two attached hydrogens (primary N) is 1. The Hall–Kier alpha value is -1.25. The molecule has 10 heteroatoms. The van der Waals surface area contributed by atoms with Crippen LogP contribution in [0.1, 0.15) is 23.2 Å². The van der Waals surface area contributed by atoms with Crippen molar-refractivity contribution in [2.24, 2.45) is 5.73 Å². The van der Waals surface area contributed by atoms with Gasteiger partial charge in [0.1, 0.15) is 11.6 Å². The number of fused-ring (bicyclic) bond motifs is 1. The first-order chi connectivity index (χ1) is 11.0. The molecule has 136 valence electrons. The maximum atomic E-state index is 6.08. The second-order valence-corrected chi connectivity index (χ2v) is 6.81. The summed E-state index contributed by atoms with van der Waals surface area (Å²) >= 11 is 7.73. The summed E-state index contributed by atoms with van der Waals surface area (Å²) in [6.45, 7) is 4.52. The van der Waals surface area contributed by atoms with Gasteiger partial charge in [0.25, 0.3) is 0 Å². The maximum absolute atomic E-state index is 6.08. The average Bonchev–Trinajstić information content (AvgIpc) is 2.82. The molecule has 1 atom stereocenters. The average molecular weight is 422 g/mol. The molecule has 0 fully saturated rings. The number of nitrogens with one attached hydrogen (secondary N) is 1. The quantitative estimate of drug-likeness (QED) is 0.609. The van der Waals surface area contributed by atoms with Crippen LogP contribution in [0.25, 0.3) is 10.2 Å². The predicted molar refractivity (Wildman–Crippen MR) is 108 cm³/mol. The van der Waals surface area contributed by atoms with E-state index >= 15 is 0 Å². The summed E-state index contributed by atoms with van der Waals surface area (Å²) in [6, 6.07) is 1.88. The lowest BCUT2D eigenvalue weighted by Crippen LogP contribution is -2.17. The van der Waals surface area contributed by atoms with Gasteiger partial charge in [0, 0.05) is 23.3 Å². The highest BCUT2D eigenvalue weighted by Crippen LogP contribution is 2.35. The number of rotatable bonds is 5. The standard InChI is InChI=1S/C15H17ClN6S.2ClH/c1-8(17)6-10-9(2)12-13(23-10)14(22-15(16)21-12)20-7-11-18-4-3-5-19-11;;/h3-5,8H,6-7,17H2,1-2H3,(H,20,21,22);2*1H/t8-;;/m0../s1. The van der Waals surface area contributed by atoms with Gasteiger partial charge >= 0.3 is 0 Å². The largest absolute Gasteiger partial charge is 0.361 e. The van der Waals surface area contributed by atoms with Gasteiger partial charge < -0.3 is 11.1 Å². The number of anilines is 1. The van der Waals surface area contributed by atoms with E-state index in [9.17, 15) is 0 Å². The van der Waals surface area contributed by atoms with Crippen LogP contribution in [-0.2, 0) is 13.0 Å². The Labute approximate surface area is 167 Å². The fourth-order valence-electron chi connectivity index (χ4n) is 2.30. The second-order valence-electron chi connectivity index (χ2n) is 5.37. The lowest BCUT2D eigenvalue weighted by Gasteiger charge is -2.05. The predicted octanol–water partition coefficient (Wildman–Crippen LogP) is 3.79. The summed E-state index contributed by atoms with van der Waals surface area (Å²) in [5, 5.41) is 3.48. The third kappa shape index (κ3) is 5.12. The van der Waals surface area contributed by atoms with E-state index in [1.165, 1.54) is 4.88 Å². The fraction of sp³-hybridized carbons (Fsp3) is 0.333. The monoisotopic (exact) mass is 420 g/mol. The van der Waals surface area contributed by atoms with Gasteiger partial charge in [0.05, 0.1) is 16.8 Å². The molecular formula is C15H19Cl3N6S. The van der Waals surface area contributed by atoms with Crippen molar-refractivity contribution < 1.29 is 0 Å². The Balaban J connectivity index is 0.00000156. The van der Waals surface area contributed by atoms with Gasteiger partial charge in [-0.2, -0.15) is 4.98 Å². The van der Waals surface area contributed by atoms with E-state index in [0.717, 1.165) is 22.2 Å². The molecule has 3 aromatic rings. The van der Waals surface area contributed by atoms with E-state index < -0.39 is 0 Å². The Bertz CT molecular complexity index is 825. The van der Waals surface area contributed by atoms with Crippen molar-refractivity contribution in [3.05, 3.63) is 40.0 Å². The SMILES string of the molecule is Cc1c(C[C@H](C)N)sc2c(NCc3ncccn3)nc(Cl)nc12.Cl.Cl. The molecule has 0 spiro atoms. The summed E-state index contributed by atoms with van der Waals surface area (Å²) in [5.41, 5.74) is 7.92. The minimum Gasteiger partial charge on any atom is -0.361 e. The van der Waals surface area contributed by atoms with Crippen LogP contribution < -0.4 is 11.1 Å². The van der Waals surface area contributed by atoms with E-state index in [4.69, 9.17) is 17.3 Å². The van der Waals surface area contributed by atoms with Crippen LogP contribution in [0.3, 0.4) is 0 Å². The molecule has 0 saturated heterocycles. The Morgan fingerprint density at radius 2 is 1.92 bits per heavy atom. The molecule has 0 aliphatic carbocycles. The highest BCUT2D eigenvalue weighted by molar-refractivity contribution is 7.19. The van der Waals surface area contributed by atoms with Crippen LogP contribution in [0.2, 0.25) is 5.28 Å². The molecule has 0 aliphatic heterocycles. The van der Waals surface area contributed by atoms with Gasteiger partial charge in [0.2, 0.25) is 5.28 Å². The zero-order valence-electron chi connectivity index (χ0n) is 13.7. The van der Waals surface area contributed by atoms with Crippen molar-refractivity contribution in [3.8, 4) is 0 Å². The first-order valence-corrected chi connectivity index (χ1v) is 8.45. The number of hydrogen-bond donors (Lipinski definition) is 2. The summed E-state index contributed by atoms with van der Waals surface area (Å²) in [6.07, 6.45) is 4.23. The van der Waals surface area contributed by atoms with Crippen molar-refractivity contribution in [2.75, 3.05) is 5.32 Å². The number of thiophene rings is 1. The van der Waals surface area contributed by atoms with Crippen LogP contribution >= 0.6 is 47.8 Å². The van der Waals surface area contributed by atoms with Gasteiger partial charge in [0.15, 0.2) is 0 Å². The first-order valence-electron chi connectivity index (χ1n) is 7.25. The van der Waals surface area contributed by atoms with E-state index in [0.29, 0.717) is 18.2 Å². The summed E-state index contributed by atoms with van der Waals surface area (Å²) in [7, 11) is 0. The summed E-state index contributed by atoms with van der Waals surface area (Å²) in [5.74, 6) is 1.40. The number of aryl methyl sites for hydroxylation is 1. The van der Waals surface area contributed by atoms with Crippen LogP contribution in [-0.4, -0.2) is 26.0 Å². The molecule has 0 amide bonds. The molecule has 0 bridgehead atoms. The van der Waals surface area contributed by atoms with E-state index in [1.54, 1.807) is 29.8 Å². The zero-order chi connectivity index (χ0) is 16.4. The number of nitrogens with zero attached hydrogens (tertiary/aromatic N) is 4. The molecule has 6 nitrogen and oxygen atoms in total. The molecule has 0 aliphatic rings. The molecule has 0 saturated carbocycles. The fourth-order valence-corrected chi connectivity index (χ4v) is 3.82. The van der Waals surface area contributed by atoms with Crippen molar-refractivity contribution in [1.29, 1.82) is 0 Å². The van der Waals surface area contributed by atoms with Gasteiger partial charge in [-0.3, -0.25) is 0 Å². The third-order valence-corrected chi connectivity index (χ3v) is 4.86. The molecular weight excluding hydrogens is 403 g/mol. The Morgan fingerprint density at radius 3 is 2.56 bits per heavy atom. The molecule has 0 aromatic carbocycles. The third-order valence-electron chi connectivity index (χ3n) is 3.38. The Morgan fingerprint density at radius 1 is 1.24 bits per heavy atom. The van der Waals surface area contributed by atoms with Crippen molar-refractivity contribution in [3.63, 3.8) is 0 Å². The van der Waals surface area contributed by atoms with Crippen molar-refractivity contribution in [2.45, 2.75) is 32.9 Å². The highest BCUT2D eigenvalue weighted by atomic mass is 35.5. The van der Waals surface area contributed by atoms with Gasteiger partial charge in [-0.25, -0.2) is 15.0 Å². The normalized spacial score (nSPS) is 11.5. The van der Waals surface area contributed by atoms with Gasteiger partial charge in [-0.15, -0.1) is 36.2 Å². The van der Waals surface area contributed by atoms with Crippen LogP contribution in [0.4, 0.5) is 5.82 Å². The topological polar surface area (TPSA) is 89.6 Å². The lowest BCUT2D eigenvalue weighted by atomic mass is 10.1. The molecule has 0 radical (unpaired) electrons. The number of aromatic nitrogens is 4. The molecule has 3 rings (SSSR count). The van der Waals surface area contributed by atoms with Crippen molar-refractivity contribution >= 4 is 63.8 Å². The second kappa shape index (κ2) is 9.45. The van der Waals surface area contributed by atoms with Gasteiger partial charge in [-0.1, -0.05) is 0 Å². The zero-order valence-corrected chi connectivity index (χ0v) is 16.9. The lowest BCUT2D eigenvalue weighted by molar-refractivity contribution is 0.744. The van der Waals surface area contributed by atoms with Crippen molar-refractivity contribution in [1.82, 2.24) is 19.9 Å². The minimum absolute atomic E-state index is 0. The van der Waals surface area contributed by atoms with Gasteiger partial charge in [-0.05, 0) is 43.5 Å². The summed E-state index contributed by atoms with van der Waals surface area (Å²) in [4.78, 5) is 18.3. The number of hydrogen-bond acceptors (Lipinski definition) is 7. The molecule has 0 unspecified atom stereocenters. The number of halogens is 3. The molecule has 3 aromatic heterocycles. The van der Waals surface area contributed by atoms with E-state index in [1.807, 2.05) is 13.8 Å². The Kier molecular flexibility index (Phi) is 8.24. The van der Waals surface area contributed by atoms with E-state index in [2.05, 4.69) is 25.3 Å².